The summed E-state index contributed by atoms with van der Waals surface area (Å²) in [7, 11) is 0. The summed E-state index contributed by atoms with van der Waals surface area (Å²) in [5.74, 6) is 0.750. The van der Waals surface area contributed by atoms with Gasteiger partial charge in [0.25, 0.3) is 0 Å². The molecule has 110 valence electrons. The number of ether oxygens (including phenoxy) is 1. The van der Waals surface area contributed by atoms with Gasteiger partial charge in [0.1, 0.15) is 11.8 Å². The molecule has 4 heteroatoms. The number of rotatable bonds is 6. The molecule has 0 bridgehead atoms. The van der Waals surface area contributed by atoms with E-state index in [2.05, 4.69) is 10.6 Å². The van der Waals surface area contributed by atoms with Crippen LogP contribution in [-0.2, 0) is 4.79 Å². The maximum atomic E-state index is 12.1. The molecule has 4 nitrogen and oxygen atoms in total. The number of anilines is 2. The zero-order valence-corrected chi connectivity index (χ0v) is 12.3. The SMILES string of the molecule is CCOc1ccc(N[C@@H](C)C(=O)Nc2ccccc2)cc1. The van der Waals surface area contributed by atoms with Gasteiger partial charge in [-0.05, 0) is 50.2 Å². The Morgan fingerprint density at radius 3 is 2.33 bits per heavy atom. The lowest BCUT2D eigenvalue weighted by Crippen LogP contribution is -2.31. The van der Waals surface area contributed by atoms with Gasteiger partial charge in [0, 0.05) is 11.4 Å². The van der Waals surface area contributed by atoms with Gasteiger partial charge in [-0.2, -0.15) is 0 Å². The number of benzene rings is 2. The molecule has 0 unspecified atom stereocenters. The zero-order valence-electron chi connectivity index (χ0n) is 12.3. The average molecular weight is 284 g/mol. The Hall–Kier alpha value is -2.49. The Kier molecular flexibility index (Phi) is 5.21. The van der Waals surface area contributed by atoms with E-state index in [-0.39, 0.29) is 11.9 Å². The summed E-state index contributed by atoms with van der Waals surface area (Å²) >= 11 is 0. The van der Waals surface area contributed by atoms with Gasteiger partial charge >= 0.3 is 0 Å². The van der Waals surface area contributed by atoms with Crippen LogP contribution < -0.4 is 15.4 Å². The summed E-state index contributed by atoms with van der Waals surface area (Å²) in [6, 6.07) is 16.7. The minimum Gasteiger partial charge on any atom is -0.494 e. The lowest BCUT2D eigenvalue weighted by atomic mass is 10.2. The average Bonchev–Trinajstić information content (AvgIpc) is 2.50. The number of amides is 1. The van der Waals surface area contributed by atoms with Crippen LogP contribution in [0, 0.1) is 0 Å². The Morgan fingerprint density at radius 2 is 1.71 bits per heavy atom. The van der Waals surface area contributed by atoms with Gasteiger partial charge in [-0.3, -0.25) is 4.79 Å². The Morgan fingerprint density at radius 1 is 1.05 bits per heavy atom. The molecule has 0 aliphatic rings. The van der Waals surface area contributed by atoms with Crippen molar-refractivity contribution in [3.05, 3.63) is 54.6 Å². The fourth-order valence-corrected chi connectivity index (χ4v) is 1.90. The predicted octanol–water partition coefficient (Wildman–Crippen LogP) is 3.52. The van der Waals surface area contributed by atoms with Crippen LogP contribution in [0.15, 0.2) is 54.6 Å². The third kappa shape index (κ3) is 4.53. The van der Waals surface area contributed by atoms with E-state index in [1.165, 1.54) is 0 Å². The fraction of sp³-hybridized carbons (Fsp3) is 0.235. The smallest absolute Gasteiger partial charge is 0.246 e. The number of nitrogens with one attached hydrogen (secondary N) is 2. The molecule has 0 aliphatic carbocycles. The van der Waals surface area contributed by atoms with Gasteiger partial charge in [-0.1, -0.05) is 18.2 Å². The summed E-state index contributed by atoms with van der Waals surface area (Å²) in [6.45, 7) is 4.42. The summed E-state index contributed by atoms with van der Waals surface area (Å²) in [5.41, 5.74) is 1.68. The summed E-state index contributed by atoms with van der Waals surface area (Å²) in [4.78, 5) is 12.1. The first-order valence-corrected chi connectivity index (χ1v) is 7.04. The number of carbonyl (C=O) groups excluding carboxylic acids is 1. The van der Waals surface area contributed by atoms with Crippen molar-refractivity contribution in [2.24, 2.45) is 0 Å². The van der Waals surface area contributed by atoms with Crippen LogP contribution in [0.1, 0.15) is 13.8 Å². The van der Waals surface area contributed by atoms with Gasteiger partial charge < -0.3 is 15.4 Å². The van der Waals surface area contributed by atoms with Crippen molar-refractivity contribution in [2.75, 3.05) is 17.2 Å². The fourth-order valence-electron chi connectivity index (χ4n) is 1.90. The van der Waals surface area contributed by atoms with Crippen molar-refractivity contribution in [2.45, 2.75) is 19.9 Å². The van der Waals surface area contributed by atoms with Crippen molar-refractivity contribution in [1.82, 2.24) is 0 Å². The Labute approximate surface area is 125 Å². The van der Waals surface area contributed by atoms with E-state index in [9.17, 15) is 4.79 Å². The first-order chi connectivity index (χ1) is 10.2. The van der Waals surface area contributed by atoms with Gasteiger partial charge in [0.05, 0.1) is 6.61 Å². The Bertz CT molecular complexity index is 567. The number of hydrogen-bond acceptors (Lipinski definition) is 3. The maximum Gasteiger partial charge on any atom is 0.246 e. The molecule has 1 atom stereocenters. The van der Waals surface area contributed by atoms with Crippen molar-refractivity contribution < 1.29 is 9.53 Å². The molecule has 2 aromatic carbocycles. The van der Waals surface area contributed by atoms with Gasteiger partial charge in [0.2, 0.25) is 5.91 Å². The van der Waals surface area contributed by atoms with E-state index in [1.54, 1.807) is 0 Å². The molecule has 0 saturated heterocycles. The van der Waals surface area contributed by atoms with Crippen LogP contribution >= 0.6 is 0 Å². The number of para-hydroxylation sites is 1. The minimum absolute atomic E-state index is 0.0740. The standard InChI is InChI=1S/C17H20N2O2/c1-3-21-16-11-9-15(10-12-16)18-13(2)17(20)19-14-7-5-4-6-8-14/h4-13,18H,3H2,1-2H3,(H,19,20)/t13-/m0/s1. The molecule has 2 aromatic rings. The molecule has 0 fully saturated rings. The van der Waals surface area contributed by atoms with Crippen LogP contribution in [0.3, 0.4) is 0 Å². The van der Waals surface area contributed by atoms with Gasteiger partial charge in [-0.25, -0.2) is 0 Å². The molecule has 0 spiro atoms. The van der Waals surface area contributed by atoms with E-state index in [0.29, 0.717) is 6.61 Å². The molecule has 0 aliphatic heterocycles. The van der Waals surface area contributed by atoms with Crippen LogP contribution in [0.25, 0.3) is 0 Å². The third-order valence-corrected chi connectivity index (χ3v) is 2.98. The van der Waals surface area contributed by atoms with Crippen molar-refractivity contribution in [3.8, 4) is 5.75 Å². The topological polar surface area (TPSA) is 50.4 Å². The van der Waals surface area contributed by atoms with Gasteiger partial charge in [0.15, 0.2) is 0 Å². The van der Waals surface area contributed by atoms with E-state index in [1.807, 2.05) is 68.4 Å². The highest BCUT2D eigenvalue weighted by Gasteiger charge is 2.12. The second-order valence-electron chi connectivity index (χ2n) is 4.68. The van der Waals surface area contributed by atoms with Crippen molar-refractivity contribution in [3.63, 3.8) is 0 Å². The maximum absolute atomic E-state index is 12.1. The largest absolute Gasteiger partial charge is 0.494 e. The minimum atomic E-state index is -0.330. The normalized spacial score (nSPS) is 11.5. The zero-order chi connectivity index (χ0) is 15.1. The number of carbonyl (C=O) groups is 1. The molecule has 0 heterocycles. The molecule has 0 aromatic heterocycles. The molecule has 21 heavy (non-hydrogen) atoms. The highest BCUT2D eigenvalue weighted by molar-refractivity contribution is 5.96. The molecular formula is C17H20N2O2. The predicted molar refractivity (Wildman–Crippen MR) is 85.8 cm³/mol. The third-order valence-electron chi connectivity index (χ3n) is 2.98. The lowest BCUT2D eigenvalue weighted by molar-refractivity contribution is -0.116. The van der Waals surface area contributed by atoms with Gasteiger partial charge in [-0.15, -0.1) is 0 Å². The summed E-state index contributed by atoms with van der Waals surface area (Å²) < 4.78 is 5.39. The highest BCUT2D eigenvalue weighted by atomic mass is 16.5. The molecule has 0 saturated carbocycles. The van der Waals surface area contributed by atoms with E-state index >= 15 is 0 Å². The van der Waals surface area contributed by atoms with Crippen LogP contribution in [-0.4, -0.2) is 18.6 Å². The van der Waals surface area contributed by atoms with E-state index in [0.717, 1.165) is 17.1 Å². The summed E-state index contributed by atoms with van der Waals surface area (Å²) in [5, 5.41) is 6.03. The molecular weight excluding hydrogens is 264 g/mol. The molecule has 2 N–H and O–H groups in total. The van der Waals surface area contributed by atoms with Crippen LogP contribution in [0.5, 0.6) is 5.75 Å². The molecule has 0 radical (unpaired) electrons. The second-order valence-corrected chi connectivity index (χ2v) is 4.68. The monoisotopic (exact) mass is 284 g/mol. The summed E-state index contributed by atoms with van der Waals surface area (Å²) in [6.07, 6.45) is 0. The molecule has 1 amide bonds. The van der Waals surface area contributed by atoms with Crippen LogP contribution in [0.4, 0.5) is 11.4 Å². The van der Waals surface area contributed by atoms with Crippen molar-refractivity contribution >= 4 is 17.3 Å². The highest BCUT2D eigenvalue weighted by Crippen LogP contribution is 2.16. The first kappa shape index (κ1) is 14.9. The first-order valence-electron chi connectivity index (χ1n) is 7.04. The quantitative estimate of drug-likeness (QED) is 0.853. The molecule has 2 rings (SSSR count). The lowest BCUT2D eigenvalue weighted by Gasteiger charge is -2.15. The van der Waals surface area contributed by atoms with E-state index in [4.69, 9.17) is 4.74 Å². The second kappa shape index (κ2) is 7.33. The van der Waals surface area contributed by atoms with E-state index < -0.39 is 0 Å². The van der Waals surface area contributed by atoms with Crippen LogP contribution in [0.2, 0.25) is 0 Å². The Balaban J connectivity index is 1.91. The number of hydrogen-bond donors (Lipinski definition) is 2. The van der Waals surface area contributed by atoms with Crippen molar-refractivity contribution in [1.29, 1.82) is 0 Å².